The summed E-state index contributed by atoms with van der Waals surface area (Å²) in [5.74, 6) is 9.70. The first-order valence-electron chi connectivity index (χ1n) is 4.29. The van der Waals surface area contributed by atoms with Crippen molar-refractivity contribution in [3.05, 3.63) is 9.81 Å². The van der Waals surface area contributed by atoms with Crippen LogP contribution in [-0.4, -0.2) is 55.5 Å². The van der Waals surface area contributed by atoms with Crippen molar-refractivity contribution in [1.82, 2.24) is 10.0 Å². The van der Waals surface area contributed by atoms with Gasteiger partial charge in [0.05, 0.1) is 13.1 Å². The Hall–Kier alpha value is -2.74. The lowest BCUT2D eigenvalue weighted by atomic mass is 10.6. The molecule has 14 heteroatoms. The Labute approximate surface area is 99.7 Å². The summed E-state index contributed by atoms with van der Waals surface area (Å²) in [7, 11) is 0. The number of hydrazine groups is 2. The highest BCUT2D eigenvalue weighted by Crippen LogP contribution is 1.84. The normalized spacial score (nSPS) is 12.1. The Balaban J connectivity index is 4.33. The van der Waals surface area contributed by atoms with Crippen molar-refractivity contribution >= 4 is 11.9 Å². The maximum absolute atomic E-state index is 10.1. The Kier molecular flexibility index (Phi) is 5.73. The molecule has 18 heavy (non-hydrogen) atoms. The van der Waals surface area contributed by atoms with Crippen LogP contribution in [0.5, 0.6) is 0 Å². The number of nitrogens with two attached hydrogens (primary N) is 4. The van der Waals surface area contributed by atoms with Crippen LogP contribution in [0, 0.1) is 9.81 Å². The fourth-order valence-electron chi connectivity index (χ4n) is 0.735. The summed E-state index contributed by atoms with van der Waals surface area (Å²) in [6.45, 7) is -0.139. The van der Waals surface area contributed by atoms with Gasteiger partial charge >= 0.3 is 10.1 Å². The van der Waals surface area contributed by atoms with E-state index in [2.05, 4.69) is 10.2 Å². The second-order valence-electron chi connectivity index (χ2n) is 2.81. The van der Waals surface area contributed by atoms with Crippen LogP contribution in [0.15, 0.2) is 10.2 Å². The molecule has 0 rings (SSSR count). The van der Waals surface area contributed by atoms with E-state index in [1.165, 1.54) is 0 Å². The molecule has 0 amide bonds. The summed E-state index contributed by atoms with van der Waals surface area (Å²) in [5, 5.41) is 22.2. The third-order valence-electron chi connectivity index (χ3n) is 1.55. The summed E-state index contributed by atoms with van der Waals surface area (Å²) in [6, 6.07) is 0. The quantitative estimate of drug-likeness (QED) is 0.123. The van der Waals surface area contributed by atoms with E-state index in [1.807, 2.05) is 0 Å². The molecule has 0 saturated carbocycles. The topological polar surface area (TPSA) is 216 Å². The van der Waals surface area contributed by atoms with E-state index >= 15 is 0 Å². The minimum Gasteiger partial charge on any atom is -0.363 e. The van der Waals surface area contributed by atoms with Crippen LogP contribution < -0.4 is 23.2 Å². The van der Waals surface area contributed by atoms with Gasteiger partial charge in [-0.15, -0.1) is 0 Å². The van der Waals surface area contributed by atoms with Gasteiger partial charge in [-0.25, -0.2) is 22.1 Å². The molecule has 0 aliphatic rings. The Bertz CT molecular complexity index is 342. The van der Waals surface area contributed by atoms with Gasteiger partial charge in [-0.05, 0) is 0 Å². The molecule has 0 radical (unpaired) electrons. The maximum atomic E-state index is 10.1. The maximum Gasteiger partial charge on any atom is 0.391 e. The van der Waals surface area contributed by atoms with Gasteiger partial charge in [-0.1, -0.05) is 0 Å². The number of nitrogens with zero attached hydrogens (tertiary/aromatic N) is 6. The monoisotopic (exact) mass is 266 g/mol. The molecule has 0 aromatic heterocycles. The molecule has 10 N–H and O–H groups in total. The van der Waals surface area contributed by atoms with E-state index in [1.54, 1.807) is 0 Å². The summed E-state index contributed by atoms with van der Waals surface area (Å²) in [4.78, 5) is 20.2. The molecule has 0 fully saturated rings. The molecule has 0 bridgehead atoms. The van der Waals surface area contributed by atoms with Crippen LogP contribution in [0.4, 0.5) is 0 Å². The third-order valence-corrected chi connectivity index (χ3v) is 1.55. The molecular formula is C4H14N10O4+2. The number of guanidine groups is 2. The zero-order chi connectivity index (χ0) is 14.3. The highest BCUT2D eigenvalue weighted by atomic mass is 16.7. The average Bonchev–Trinajstić information content (AvgIpc) is 2.23. The van der Waals surface area contributed by atoms with E-state index in [4.69, 9.17) is 33.6 Å². The van der Waals surface area contributed by atoms with E-state index in [-0.39, 0.29) is 13.1 Å². The summed E-state index contributed by atoms with van der Waals surface area (Å²) >= 11 is 0. The molecule has 0 aromatic carbocycles. The molecule has 14 nitrogen and oxygen atoms in total. The van der Waals surface area contributed by atoms with Crippen LogP contribution in [0.2, 0.25) is 0 Å². The lowest BCUT2D eigenvalue weighted by Crippen LogP contribution is -2.51. The molecular weight excluding hydrogens is 252 g/mol. The molecule has 0 saturated heterocycles. The Morgan fingerprint density at radius 2 is 1.22 bits per heavy atom. The van der Waals surface area contributed by atoms with Crippen LogP contribution in [0.1, 0.15) is 0 Å². The van der Waals surface area contributed by atoms with E-state index < -0.39 is 22.0 Å². The summed E-state index contributed by atoms with van der Waals surface area (Å²) in [6.07, 6.45) is 0. The van der Waals surface area contributed by atoms with Crippen molar-refractivity contribution in [2.45, 2.75) is 0 Å². The molecule has 0 aliphatic heterocycles. The average molecular weight is 266 g/mol. The predicted octanol–water partition coefficient (Wildman–Crippen LogP) is -3.87. The zero-order valence-electron chi connectivity index (χ0n) is 9.12. The molecule has 0 spiro atoms. The molecule has 0 atom stereocenters. The summed E-state index contributed by atoms with van der Waals surface area (Å²) in [5.41, 5.74) is 10.4. The van der Waals surface area contributed by atoms with Crippen molar-refractivity contribution in [1.29, 1.82) is 0 Å². The van der Waals surface area contributed by atoms with Crippen LogP contribution in [0.25, 0.3) is 0 Å². The van der Waals surface area contributed by atoms with Crippen LogP contribution >= 0.6 is 0 Å². The van der Waals surface area contributed by atoms with Crippen molar-refractivity contribution < 1.29 is 20.5 Å². The minimum atomic E-state index is -0.772. The van der Waals surface area contributed by atoms with Crippen molar-refractivity contribution in [2.75, 3.05) is 13.1 Å². The van der Waals surface area contributed by atoms with Crippen LogP contribution in [-0.2, 0) is 0 Å². The highest BCUT2D eigenvalue weighted by Gasteiger charge is 2.14. The largest absolute Gasteiger partial charge is 0.391 e. The lowest BCUT2D eigenvalue weighted by Gasteiger charge is -2.19. The molecule has 0 heterocycles. The Morgan fingerprint density at radius 1 is 0.944 bits per heavy atom. The predicted molar refractivity (Wildman–Crippen MR) is 55.9 cm³/mol. The van der Waals surface area contributed by atoms with E-state index in [9.17, 15) is 9.81 Å². The molecule has 0 aliphatic carbocycles. The van der Waals surface area contributed by atoms with Gasteiger partial charge in [0.15, 0.2) is 0 Å². The van der Waals surface area contributed by atoms with Crippen LogP contribution in [0.3, 0.4) is 0 Å². The standard InChI is InChI=1S/C4H14N10O4/c5-3(9-13(15)16)11(7)1-2-12(8)4(6)10-14(17)18/h1-2,7-8H2,(H2,5,9)(H2,6,10)(H,15,16)(H,17,18)/q+2. The SMILES string of the molecule is N/C(=N\[N+](=O)O)N(N)CCN(N)/C(N)=N/[N+](=O)O. The Morgan fingerprint density at radius 3 is 1.44 bits per heavy atom. The van der Waals surface area contributed by atoms with Gasteiger partial charge in [0.25, 0.3) is 11.9 Å². The fraction of sp³-hybridized carbons (Fsp3) is 0.500. The summed E-state index contributed by atoms with van der Waals surface area (Å²) < 4.78 is 0. The van der Waals surface area contributed by atoms with Gasteiger partial charge in [0.2, 0.25) is 0 Å². The number of hydrazone groups is 2. The zero-order valence-corrected chi connectivity index (χ0v) is 9.12. The third kappa shape index (κ3) is 5.98. The lowest BCUT2D eigenvalue weighted by molar-refractivity contribution is -0.796. The first kappa shape index (κ1) is 15.3. The highest BCUT2D eigenvalue weighted by molar-refractivity contribution is 5.77. The van der Waals surface area contributed by atoms with Gasteiger partial charge in [-0.2, -0.15) is 0 Å². The van der Waals surface area contributed by atoms with Crippen molar-refractivity contribution in [2.24, 2.45) is 33.4 Å². The minimum absolute atomic E-state index is 0.0693. The van der Waals surface area contributed by atoms with Gasteiger partial charge in [-0.3, -0.25) is 10.0 Å². The smallest absolute Gasteiger partial charge is 0.363 e. The van der Waals surface area contributed by atoms with Crippen molar-refractivity contribution in [3.8, 4) is 0 Å². The number of hydrogen-bond acceptors (Lipinski definition) is 4. The van der Waals surface area contributed by atoms with Gasteiger partial charge in [0.1, 0.15) is 20.0 Å². The second-order valence-corrected chi connectivity index (χ2v) is 2.81. The van der Waals surface area contributed by atoms with E-state index in [0.29, 0.717) is 0 Å². The first-order valence-corrected chi connectivity index (χ1v) is 4.29. The van der Waals surface area contributed by atoms with Gasteiger partial charge in [0, 0.05) is 0 Å². The molecule has 102 valence electrons. The number of rotatable bonds is 5. The first-order chi connectivity index (χ1) is 8.23. The van der Waals surface area contributed by atoms with Gasteiger partial charge < -0.3 is 11.5 Å². The van der Waals surface area contributed by atoms with Crippen molar-refractivity contribution in [3.63, 3.8) is 0 Å². The molecule has 0 unspecified atom stereocenters. The van der Waals surface area contributed by atoms with E-state index in [0.717, 1.165) is 10.0 Å². The number of hydrogen-bond donors (Lipinski definition) is 6. The fourth-order valence-corrected chi connectivity index (χ4v) is 0.735. The molecule has 0 aromatic rings. The second kappa shape index (κ2) is 6.76.